The molecule has 108 valence electrons. The van der Waals surface area contributed by atoms with E-state index in [1.807, 2.05) is 0 Å². The SMILES string of the molecule is NCc1ccc(-c2ccc3[nH]ncc3c2OC(F)F)nc1. The molecule has 0 spiro atoms. The molecule has 0 saturated heterocycles. The van der Waals surface area contributed by atoms with Crippen molar-refractivity contribution in [1.82, 2.24) is 15.2 Å². The number of nitrogens with one attached hydrogen (secondary N) is 1. The molecule has 1 aromatic carbocycles. The van der Waals surface area contributed by atoms with Crippen molar-refractivity contribution >= 4 is 10.9 Å². The highest BCUT2D eigenvalue weighted by atomic mass is 19.3. The topological polar surface area (TPSA) is 76.8 Å². The van der Waals surface area contributed by atoms with Crippen LogP contribution in [0.4, 0.5) is 8.78 Å². The van der Waals surface area contributed by atoms with Gasteiger partial charge in [0.25, 0.3) is 0 Å². The van der Waals surface area contributed by atoms with Crippen LogP contribution >= 0.6 is 0 Å². The molecule has 5 nitrogen and oxygen atoms in total. The van der Waals surface area contributed by atoms with Crippen molar-refractivity contribution < 1.29 is 13.5 Å². The van der Waals surface area contributed by atoms with Gasteiger partial charge in [-0.2, -0.15) is 13.9 Å². The van der Waals surface area contributed by atoms with Gasteiger partial charge in [-0.05, 0) is 23.8 Å². The predicted molar refractivity (Wildman–Crippen MR) is 73.8 cm³/mol. The highest BCUT2D eigenvalue weighted by Crippen LogP contribution is 2.36. The van der Waals surface area contributed by atoms with E-state index in [1.54, 1.807) is 30.5 Å². The molecule has 0 aliphatic rings. The Hall–Kier alpha value is -2.54. The number of hydrogen-bond acceptors (Lipinski definition) is 4. The summed E-state index contributed by atoms with van der Waals surface area (Å²) in [4.78, 5) is 4.24. The Kier molecular flexibility index (Phi) is 3.49. The Morgan fingerprint density at radius 1 is 1.19 bits per heavy atom. The molecule has 2 aromatic heterocycles. The molecular formula is C14H12F2N4O. The summed E-state index contributed by atoms with van der Waals surface area (Å²) < 4.78 is 30.0. The first-order valence-corrected chi connectivity index (χ1v) is 6.25. The van der Waals surface area contributed by atoms with Crippen LogP contribution in [-0.2, 0) is 6.54 Å². The Labute approximate surface area is 118 Å². The maximum absolute atomic E-state index is 12.7. The van der Waals surface area contributed by atoms with Gasteiger partial charge in [-0.25, -0.2) is 0 Å². The zero-order valence-corrected chi connectivity index (χ0v) is 10.9. The third-order valence-corrected chi connectivity index (χ3v) is 3.12. The number of pyridine rings is 1. The molecule has 21 heavy (non-hydrogen) atoms. The fraction of sp³-hybridized carbons (Fsp3) is 0.143. The van der Waals surface area contributed by atoms with Gasteiger partial charge >= 0.3 is 6.61 Å². The summed E-state index contributed by atoms with van der Waals surface area (Å²) in [5.74, 6) is 0.0595. The lowest BCUT2D eigenvalue weighted by molar-refractivity contribution is -0.0484. The molecule has 0 unspecified atom stereocenters. The number of alkyl halides is 2. The third kappa shape index (κ3) is 2.55. The van der Waals surface area contributed by atoms with E-state index < -0.39 is 6.61 Å². The van der Waals surface area contributed by atoms with Gasteiger partial charge in [0.05, 0.1) is 22.8 Å². The van der Waals surface area contributed by atoms with E-state index in [1.165, 1.54) is 6.20 Å². The second kappa shape index (κ2) is 5.45. The number of benzene rings is 1. The lowest BCUT2D eigenvalue weighted by atomic mass is 10.1. The standard InChI is InChI=1S/C14H12F2N4O/c15-14(16)21-13-9(2-4-12-10(13)7-19-20-12)11-3-1-8(5-17)6-18-11/h1-4,6-7,14H,5,17H2,(H,19,20). The fourth-order valence-electron chi connectivity index (χ4n) is 2.11. The van der Waals surface area contributed by atoms with Crippen molar-refractivity contribution in [2.24, 2.45) is 5.73 Å². The van der Waals surface area contributed by atoms with Crippen LogP contribution in [0.25, 0.3) is 22.2 Å². The molecule has 0 bridgehead atoms. The summed E-state index contributed by atoms with van der Waals surface area (Å²) >= 11 is 0. The van der Waals surface area contributed by atoms with E-state index >= 15 is 0 Å². The zero-order valence-electron chi connectivity index (χ0n) is 10.9. The smallest absolute Gasteiger partial charge is 0.387 e. The minimum Gasteiger partial charge on any atom is -0.433 e. The Morgan fingerprint density at radius 2 is 2.05 bits per heavy atom. The maximum Gasteiger partial charge on any atom is 0.387 e. The molecule has 3 aromatic rings. The molecule has 2 heterocycles. The Morgan fingerprint density at radius 3 is 2.71 bits per heavy atom. The molecule has 0 aliphatic heterocycles. The summed E-state index contributed by atoms with van der Waals surface area (Å²) in [6.45, 7) is -2.55. The molecule has 0 amide bonds. The van der Waals surface area contributed by atoms with Gasteiger partial charge in [-0.15, -0.1) is 0 Å². The van der Waals surface area contributed by atoms with E-state index in [9.17, 15) is 8.78 Å². The van der Waals surface area contributed by atoms with Gasteiger partial charge in [0.15, 0.2) is 0 Å². The van der Waals surface area contributed by atoms with Crippen LogP contribution in [-0.4, -0.2) is 21.8 Å². The van der Waals surface area contributed by atoms with E-state index in [0.717, 1.165) is 5.56 Å². The quantitative estimate of drug-likeness (QED) is 0.774. The highest BCUT2D eigenvalue weighted by molar-refractivity contribution is 5.92. The monoisotopic (exact) mass is 290 g/mol. The molecular weight excluding hydrogens is 278 g/mol. The van der Waals surface area contributed by atoms with Crippen molar-refractivity contribution in [2.75, 3.05) is 0 Å². The maximum atomic E-state index is 12.7. The molecule has 3 rings (SSSR count). The first-order chi connectivity index (χ1) is 10.2. The van der Waals surface area contributed by atoms with Crippen LogP contribution in [0.3, 0.4) is 0 Å². The van der Waals surface area contributed by atoms with Crippen LogP contribution < -0.4 is 10.5 Å². The van der Waals surface area contributed by atoms with E-state index in [4.69, 9.17) is 5.73 Å². The van der Waals surface area contributed by atoms with Gasteiger partial charge in [0.1, 0.15) is 5.75 Å². The van der Waals surface area contributed by atoms with Crippen molar-refractivity contribution in [2.45, 2.75) is 13.2 Å². The summed E-state index contributed by atoms with van der Waals surface area (Å²) in [7, 11) is 0. The summed E-state index contributed by atoms with van der Waals surface area (Å²) in [5, 5.41) is 7.05. The van der Waals surface area contributed by atoms with Crippen LogP contribution in [0.15, 0.2) is 36.7 Å². The lowest BCUT2D eigenvalue weighted by Crippen LogP contribution is -2.04. The number of H-pyrrole nitrogens is 1. The number of nitrogens with zero attached hydrogens (tertiary/aromatic N) is 2. The second-order valence-electron chi connectivity index (χ2n) is 4.41. The van der Waals surface area contributed by atoms with Crippen molar-refractivity contribution in [3.63, 3.8) is 0 Å². The number of hydrogen-bond donors (Lipinski definition) is 2. The number of aromatic nitrogens is 3. The first kappa shape index (κ1) is 13.4. The minimum absolute atomic E-state index is 0.0595. The number of nitrogens with two attached hydrogens (primary N) is 1. The molecule has 3 N–H and O–H groups in total. The average molecular weight is 290 g/mol. The number of fused-ring (bicyclic) bond motifs is 1. The molecule has 7 heteroatoms. The normalized spacial score (nSPS) is 11.2. The van der Waals surface area contributed by atoms with Gasteiger partial charge in [0, 0.05) is 18.3 Å². The minimum atomic E-state index is -2.92. The largest absolute Gasteiger partial charge is 0.433 e. The van der Waals surface area contributed by atoms with E-state index in [0.29, 0.717) is 28.7 Å². The summed E-state index contributed by atoms with van der Waals surface area (Å²) in [5.41, 5.74) is 8.01. The summed E-state index contributed by atoms with van der Waals surface area (Å²) in [6.07, 6.45) is 3.06. The van der Waals surface area contributed by atoms with Gasteiger partial charge in [-0.1, -0.05) is 6.07 Å². The lowest BCUT2D eigenvalue weighted by Gasteiger charge is -2.11. The predicted octanol–water partition coefficient (Wildman–Crippen LogP) is 2.69. The van der Waals surface area contributed by atoms with Crippen molar-refractivity contribution in [3.8, 4) is 17.0 Å². The Balaban J connectivity index is 2.15. The molecule has 0 radical (unpaired) electrons. The van der Waals surface area contributed by atoms with Crippen LogP contribution in [0.5, 0.6) is 5.75 Å². The average Bonchev–Trinajstić information content (AvgIpc) is 2.96. The van der Waals surface area contributed by atoms with E-state index in [2.05, 4.69) is 19.9 Å². The van der Waals surface area contributed by atoms with Crippen molar-refractivity contribution in [3.05, 3.63) is 42.2 Å². The Bertz CT molecular complexity index is 755. The van der Waals surface area contributed by atoms with Crippen LogP contribution in [0, 0.1) is 0 Å². The van der Waals surface area contributed by atoms with Gasteiger partial charge < -0.3 is 10.5 Å². The summed E-state index contributed by atoms with van der Waals surface area (Å²) in [6, 6.07) is 6.94. The molecule has 0 aliphatic carbocycles. The van der Waals surface area contributed by atoms with Gasteiger partial charge in [0.2, 0.25) is 0 Å². The highest BCUT2D eigenvalue weighted by Gasteiger charge is 2.17. The van der Waals surface area contributed by atoms with Crippen LogP contribution in [0.1, 0.15) is 5.56 Å². The van der Waals surface area contributed by atoms with Crippen molar-refractivity contribution in [1.29, 1.82) is 0 Å². The molecule has 0 fully saturated rings. The number of aromatic amines is 1. The first-order valence-electron chi connectivity index (χ1n) is 6.25. The number of ether oxygens (including phenoxy) is 1. The number of halogens is 2. The zero-order chi connectivity index (χ0) is 14.8. The van der Waals surface area contributed by atoms with Crippen LogP contribution in [0.2, 0.25) is 0 Å². The fourth-order valence-corrected chi connectivity index (χ4v) is 2.11. The van der Waals surface area contributed by atoms with E-state index in [-0.39, 0.29) is 5.75 Å². The molecule has 0 atom stereocenters. The molecule has 0 saturated carbocycles. The van der Waals surface area contributed by atoms with Gasteiger partial charge in [-0.3, -0.25) is 10.1 Å². The third-order valence-electron chi connectivity index (χ3n) is 3.12. The number of rotatable bonds is 4. The second-order valence-corrected chi connectivity index (χ2v) is 4.41.